The van der Waals surface area contributed by atoms with E-state index in [2.05, 4.69) is 15.9 Å². The van der Waals surface area contributed by atoms with E-state index in [1.54, 1.807) is 13.0 Å². The first-order chi connectivity index (χ1) is 7.90. The number of sulfonamides is 1. The van der Waals surface area contributed by atoms with E-state index in [0.717, 1.165) is 10.0 Å². The fraction of sp³-hybridized carbons (Fsp3) is 0.364. The molecule has 1 rings (SSSR count). The van der Waals surface area contributed by atoms with Crippen LogP contribution in [0.2, 0.25) is 0 Å². The molecule has 92 valence electrons. The van der Waals surface area contributed by atoms with Crippen molar-refractivity contribution in [2.75, 3.05) is 12.8 Å². The van der Waals surface area contributed by atoms with Gasteiger partial charge in [-0.1, -0.05) is 34.1 Å². The van der Waals surface area contributed by atoms with Crippen LogP contribution in [0.25, 0.3) is 0 Å². The Kier molecular flexibility index (Phi) is 4.69. The molecular formula is C11H13BrN2O2S. The number of nitriles is 1. The highest BCUT2D eigenvalue weighted by molar-refractivity contribution is 9.10. The van der Waals surface area contributed by atoms with Gasteiger partial charge in [-0.3, -0.25) is 0 Å². The molecule has 0 heterocycles. The molecule has 1 aromatic rings. The van der Waals surface area contributed by atoms with Crippen LogP contribution in [-0.2, 0) is 10.0 Å². The first kappa shape index (κ1) is 14.2. The predicted octanol–water partition coefficient (Wildman–Crippen LogP) is 2.30. The molecule has 0 fully saturated rings. The largest absolute Gasteiger partial charge is 0.227 e. The standard InChI is InChI=1S/C11H13BrN2O2S/c1-9(10-5-3-4-6-11(10)12)14(2)17(15,16)8-7-13/h3-6,9H,8H2,1-2H3/t9-/m1/s1. The SMILES string of the molecule is C[C@H](c1ccccc1Br)N(C)S(=O)(=O)CC#N. The zero-order valence-corrected chi connectivity index (χ0v) is 12.0. The van der Waals surface area contributed by atoms with E-state index in [4.69, 9.17) is 5.26 Å². The van der Waals surface area contributed by atoms with Gasteiger partial charge in [0.2, 0.25) is 10.0 Å². The second-order valence-corrected chi connectivity index (χ2v) is 6.51. The molecule has 0 amide bonds. The van der Waals surface area contributed by atoms with Crippen molar-refractivity contribution in [1.29, 1.82) is 5.26 Å². The van der Waals surface area contributed by atoms with Gasteiger partial charge in [-0.2, -0.15) is 9.57 Å². The highest BCUT2D eigenvalue weighted by atomic mass is 79.9. The van der Waals surface area contributed by atoms with Crippen molar-refractivity contribution < 1.29 is 8.42 Å². The van der Waals surface area contributed by atoms with Crippen LogP contribution < -0.4 is 0 Å². The van der Waals surface area contributed by atoms with Crippen LogP contribution in [0.5, 0.6) is 0 Å². The molecule has 0 aliphatic rings. The van der Waals surface area contributed by atoms with Gasteiger partial charge < -0.3 is 0 Å². The van der Waals surface area contributed by atoms with E-state index in [1.807, 2.05) is 24.3 Å². The summed E-state index contributed by atoms with van der Waals surface area (Å²) in [6, 6.07) is 8.78. The summed E-state index contributed by atoms with van der Waals surface area (Å²) in [5, 5.41) is 8.49. The third-order valence-electron chi connectivity index (χ3n) is 2.59. The van der Waals surface area contributed by atoms with Crippen molar-refractivity contribution in [3.8, 4) is 6.07 Å². The number of hydrogen-bond donors (Lipinski definition) is 0. The molecule has 0 aliphatic heterocycles. The summed E-state index contributed by atoms with van der Waals surface area (Å²) in [5.74, 6) is -0.502. The zero-order chi connectivity index (χ0) is 13.1. The highest BCUT2D eigenvalue weighted by Gasteiger charge is 2.24. The minimum absolute atomic E-state index is 0.316. The normalized spacial score (nSPS) is 13.4. The lowest BCUT2D eigenvalue weighted by Gasteiger charge is -2.24. The lowest BCUT2D eigenvalue weighted by molar-refractivity contribution is 0.399. The van der Waals surface area contributed by atoms with Crippen molar-refractivity contribution >= 4 is 26.0 Å². The molecule has 0 unspecified atom stereocenters. The van der Waals surface area contributed by atoms with E-state index in [9.17, 15) is 8.42 Å². The predicted molar refractivity (Wildman–Crippen MR) is 69.7 cm³/mol. The molecular weight excluding hydrogens is 304 g/mol. The molecule has 4 nitrogen and oxygen atoms in total. The Hall–Kier alpha value is -0.900. The van der Waals surface area contributed by atoms with Crippen LogP contribution >= 0.6 is 15.9 Å². The van der Waals surface area contributed by atoms with Crippen molar-refractivity contribution in [3.05, 3.63) is 34.3 Å². The fourth-order valence-corrected chi connectivity index (χ4v) is 3.01. The van der Waals surface area contributed by atoms with Crippen molar-refractivity contribution in [3.63, 3.8) is 0 Å². The second kappa shape index (κ2) is 5.63. The van der Waals surface area contributed by atoms with E-state index >= 15 is 0 Å². The highest BCUT2D eigenvalue weighted by Crippen LogP contribution is 2.28. The summed E-state index contributed by atoms with van der Waals surface area (Å²) >= 11 is 3.38. The number of rotatable bonds is 4. The smallest absolute Gasteiger partial charge is 0.211 e. The molecule has 6 heteroatoms. The topological polar surface area (TPSA) is 61.2 Å². The average molecular weight is 317 g/mol. The molecule has 0 bridgehead atoms. The molecule has 0 aliphatic carbocycles. The Balaban J connectivity index is 3.04. The van der Waals surface area contributed by atoms with Crippen molar-refractivity contribution in [1.82, 2.24) is 4.31 Å². The van der Waals surface area contributed by atoms with E-state index in [1.165, 1.54) is 11.4 Å². The summed E-state index contributed by atoms with van der Waals surface area (Å²) in [6.45, 7) is 1.79. The maximum Gasteiger partial charge on any atom is 0.227 e. The Labute approximate surface area is 110 Å². The summed E-state index contributed by atoms with van der Waals surface area (Å²) < 4.78 is 25.6. The quantitative estimate of drug-likeness (QED) is 0.856. The Morgan fingerprint density at radius 2 is 2.06 bits per heavy atom. The molecule has 0 spiro atoms. The van der Waals surface area contributed by atoms with E-state index in [0.29, 0.717) is 0 Å². The maximum atomic E-state index is 11.7. The summed E-state index contributed by atoms with van der Waals surface area (Å²) in [4.78, 5) is 0. The third-order valence-corrected chi connectivity index (χ3v) is 5.00. The fourth-order valence-electron chi connectivity index (χ4n) is 1.43. The van der Waals surface area contributed by atoms with E-state index in [-0.39, 0.29) is 6.04 Å². The molecule has 0 radical (unpaired) electrons. The van der Waals surface area contributed by atoms with Crippen LogP contribution in [0.3, 0.4) is 0 Å². The summed E-state index contributed by atoms with van der Waals surface area (Å²) in [5.41, 5.74) is 0.872. The summed E-state index contributed by atoms with van der Waals surface area (Å²) in [7, 11) is -2.04. The second-order valence-electron chi connectivity index (χ2n) is 3.63. The van der Waals surface area contributed by atoms with Crippen LogP contribution in [-0.4, -0.2) is 25.5 Å². The molecule has 17 heavy (non-hydrogen) atoms. The first-order valence-corrected chi connectivity index (χ1v) is 7.37. The van der Waals surface area contributed by atoms with Crippen molar-refractivity contribution in [2.45, 2.75) is 13.0 Å². The lowest BCUT2D eigenvalue weighted by atomic mass is 10.1. The number of benzene rings is 1. The summed E-state index contributed by atoms with van der Waals surface area (Å²) in [6.07, 6.45) is 0. The average Bonchev–Trinajstić information content (AvgIpc) is 2.27. The Bertz CT molecular complexity index is 537. The van der Waals surface area contributed by atoms with Crippen LogP contribution in [0, 0.1) is 11.3 Å². The molecule has 0 N–H and O–H groups in total. The van der Waals surface area contributed by atoms with E-state index < -0.39 is 15.8 Å². The molecule has 0 aromatic heterocycles. The lowest BCUT2D eigenvalue weighted by Crippen LogP contribution is -2.31. The van der Waals surface area contributed by atoms with Gasteiger partial charge in [0, 0.05) is 17.6 Å². The number of hydrogen-bond acceptors (Lipinski definition) is 3. The molecule has 1 atom stereocenters. The van der Waals surface area contributed by atoms with Gasteiger partial charge in [0.15, 0.2) is 5.75 Å². The third kappa shape index (κ3) is 3.28. The Morgan fingerprint density at radius 3 is 2.59 bits per heavy atom. The molecule has 0 saturated heterocycles. The Morgan fingerprint density at radius 1 is 1.47 bits per heavy atom. The van der Waals surface area contributed by atoms with Gasteiger partial charge in [0.1, 0.15) is 0 Å². The van der Waals surface area contributed by atoms with Gasteiger partial charge >= 0.3 is 0 Å². The number of nitrogens with zero attached hydrogens (tertiary/aromatic N) is 2. The minimum atomic E-state index is -3.52. The van der Waals surface area contributed by atoms with Gasteiger partial charge in [-0.05, 0) is 18.6 Å². The molecule has 0 saturated carbocycles. The number of halogens is 1. The van der Waals surface area contributed by atoms with Gasteiger partial charge in [0.25, 0.3) is 0 Å². The van der Waals surface area contributed by atoms with Crippen LogP contribution in [0.4, 0.5) is 0 Å². The first-order valence-electron chi connectivity index (χ1n) is 4.97. The van der Waals surface area contributed by atoms with Crippen LogP contribution in [0.1, 0.15) is 18.5 Å². The minimum Gasteiger partial charge on any atom is -0.211 e. The zero-order valence-electron chi connectivity index (χ0n) is 9.59. The monoisotopic (exact) mass is 316 g/mol. The maximum absolute atomic E-state index is 11.7. The van der Waals surface area contributed by atoms with Crippen molar-refractivity contribution in [2.24, 2.45) is 0 Å². The van der Waals surface area contributed by atoms with Gasteiger partial charge in [-0.25, -0.2) is 8.42 Å². The molecule has 1 aromatic carbocycles. The van der Waals surface area contributed by atoms with Gasteiger partial charge in [0.05, 0.1) is 6.07 Å². The van der Waals surface area contributed by atoms with Gasteiger partial charge in [-0.15, -0.1) is 0 Å². The van der Waals surface area contributed by atoms with Crippen LogP contribution in [0.15, 0.2) is 28.7 Å².